The van der Waals surface area contributed by atoms with Crippen LogP contribution in [0, 0.1) is 0 Å². The van der Waals surface area contributed by atoms with Crippen LogP contribution in [0.4, 0.5) is 0 Å². The van der Waals surface area contributed by atoms with Gasteiger partial charge in [-0.2, -0.15) is 0 Å². The molecule has 2 aromatic carbocycles. The average Bonchev–Trinajstić information content (AvgIpc) is 2.86. The van der Waals surface area contributed by atoms with E-state index in [1.807, 2.05) is 12.1 Å². The van der Waals surface area contributed by atoms with E-state index in [1.54, 1.807) is 0 Å². The third-order valence-electron chi connectivity index (χ3n) is 3.92. The first-order chi connectivity index (χ1) is 10.6. The van der Waals surface area contributed by atoms with Gasteiger partial charge in [-0.05, 0) is 56.9 Å². The van der Waals surface area contributed by atoms with E-state index < -0.39 is 0 Å². The number of hydrogen-bond acceptors (Lipinski definition) is 1. The van der Waals surface area contributed by atoms with Gasteiger partial charge in [0.1, 0.15) is 0 Å². The Morgan fingerprint density at radius 2 is 1.77 bits per heavy atom. The normalized spacial score (nSPS) is 11.5. The van der Waals surface area contributed by atoms with E-state index >= 15 is 0 Å². The third-order valence-corrected chi connectivity index (χ3v) is 4.16. The highest BCUT2D eigenvalue weighted by atomic mass is 35.5. The van der Waals surface area contributed by atoms with Gasteiger partial charge in [0.25, 0.3) is 0 Å². The third kappa shape index (κ3) is 3.18. The lowest BCUT2D eigenvalue weighted by atomic mass is 10.1. The zero-order valence-electron chi connectivity index (χ0n) is 13.1. The van der Waals surface area contributed by atoms with E-state index in [0.29, 0.717) is 0 Å². The zero-order chi connectivity index (χ0) is 15.5. The average molecular weight is 313 g/mol. The topological polar surface area (TPSA) is 8.17 Å². The van der Waals surface area contributed by atoms with Crippen LogP contribution < -0.4 is 0 Å². The fraction of sp³-hybridized carbons (Fsp3) is 0.263. The quantitative estimate of drug-likeness (QED) is 0.649. The Morgan fingerprint density at radius 3 is 2.50 bits per heavy atom. The van der Waals surface area contributed by atoms with E-state index in [-0.39, 0.29) is 0 Å². The Bertz CT molecular complexity index is 760. The van der Waals surface area contributed by atoms with Gasteiger partial charge in [-0.1, -0.05) is 41.9 Å². The van der Waals surface area contributed by atoms with E-state index in [4.69, 9.17) is 11.6 Å². The minimum atomic E-state index is 0.789. The summed E-state index contributed by atoms with van der Waals surface area (Å²) in [6.45, 7) is 2.09. The van der Waals surface area contributed by atoms with Crippen molar-refractivity contribution >= 4 is 22.5 Å². The lowest BCUT2D eigenvalue weighted by molar-refractivity contribution is 0.388. The number of rotatable bonds is 5. The predicted octanol–water partition coefficient (Wildman–Crippen LogP) is 4.91. The Labute approximate surface area is 136 Å². The minimum absolute atomic E-state index is 0.789. The summed E-state index contributed by atoms with van der Waals surface area (Å²) in [4.78, 5) is 2.23. The second kappa shape index (κ2) is 6.55. The molecule has 0 bridgehead atoms. The maximum absolute atomic E-state index is 6.16. The molecule has 0 unspecified atom stereocenters. The fourth-order valence-corrected chi connectivity index (χ4v) is 3.06. The Morgan fingerprint density at radius 1 is 1.00 bits per heavy atom. The van der Waals surface area contributed by atoms with Gasteiger partial charge in [-0.25, -0.2) is 0 Å². The van der Waals surface area contributed by atoms with Crippen molar-refractivity contribution in [2.45, 2.75) is 13.0 Å². The van der Waals surface area contributed by atoms with E-state index in [1.165, 1.54) is 22.2 Å². The smallest absolute Gasteiger partial charge is 0.0491 e. The summed E-state index contributed by atoms with van der Waals surface area (Å²) in [5, 5.41) is 1.99. The summed E-state index contributed by atoms with van der Waals surface area (Å²) >= 11 is 6.16. The van der Waals surface area contributed by atoms with Gasteiger partial charge in [0, 0.05) is 28.2 Å². The first-order valence-corrected chi connectivity index (χ1v) is 8.02. The molecule has 0 saturated heterocycles. The molecule has 3 aromatic rings. The summed E-state index contributed by atoms with van der Waals surface area (Å²) in [5.41, 5.74) is 3.76. The molecule has 0 saturated carbocycles. The molecule has 3 rings (SSSR count). The molecule has 0 aliphatic heterocycles. The van der Waals surface area contributed by atoms with Crippen LogP contribution in [0.25, 0.3) is 22.2 Å². The largest absolute Gasteiger partial charge is 0.340 e. The number of hydrogen-bond donors (Lipinski definition) is 0. The fourth-order valence-electron chi connectivity index (χ4n) is 2.88. The van der Waals surface area contributed by atoms with Crippen molar-refractivity contribution in [1.29, 1.82) is 0 Å². The number of nitrogens with zero attached hydrogens (tertiary/aromatic N) is 2. The van der Waals surface area contributed by atoms with Gasteiger partial charge >= 0.3 is 0 Å². The highest BCUT2D eigenvalue weighted by molar-refractivity contribution is 6.31. The zero-order valence-corrected chi connectivity index (χ0v) is 13.8. The molecule has 0 N–H and O–H groups in total. The monoisotopic (exact) mass is 312 g/mol. The number of aromatic nitrogens is 1. The Balaban J connectivity index is 2.05. The number of aryl methyl sites for hydroxylation is 1. The molecule has 3 heteroatoms. The van der Waals surface area contributed by atoms with Crippen molar-refractivity contribution in [1.82, 2.24) is 9.47 Å². The molecule has 1 aromatic heterocycles. The molecule has 0 fully saturated rings. The van der Waals surface area contributed by atoms with Crippen molar-refractivity contribution in [3.05, 3.63) is 59.6 Å². The molecule has 0 spiro atoms. The maximum atomic E-state index is 6.16. The second-order valence-corrected chi connectivity index (χ2v) is 6.34. The van der Waals surface area contributed by atoms with Gasteiger partial charge < -0.3 is 9.47 Å². The number of fused-ring (bicyclic) bond motifs is 1. The van der Waals surface area contributed by atoms with Crippen LogP contribution in [0.15, 0.2) is 54.6 Å². The summed E-state index contributed by atoms with van der Waals surface area (Å²) < 4.78 is 2.41. The van der Waals surface area contributed by atoms with Crippen molar-refractivity contribution in [3.63, 3.8) is 0 Å². The number of halogens is 1. The van der Waals surface area contributed by atoms with Crippen molar-refractivity contribution in [2.24, 2.45) is 0 Å². The summed E-state index contributed by atoms with van der Waals surface area (Å²) in [6, 6.07) is 18.9. The first kappa shape index (κ1) is 15.1. The molecule has 1 heterocycles. The molecular formula is C19H21ClN2. The van der Waals surface area contributed by atoms with Crippen molar-refractivity contribution < 1.29 is 0 Å². The van der Waals surface area contributed by atoms with Crippen molar-refractivity contribution in [2.75, 3.05) is 20.6 Å². The summed E-state index contributed by atoms with van der Waals surface area (Å²) in [6.07, 6.45) is 1.12. The molecule has 0 aliphatic carbocycles. The van der Waals surface area contributed by atoms with Crippen LogP contribution in [0.2, 0.25) is 5.02 Å². The molecule has 22 heavy (non-hydrogen) atoms. The Hall–Kier alpha value is -1.77. The number of benzene rings is 2. The van der Waals surface area contributed by atoms with Gasteiger partial charge in [0.05, 0.1) is 0 Å². The standard InChI is InChI=1S/C19H21ClN2/c1-21(2)11-6-12-22-18-10-9-17(20)13-16(18)14-19(22)15-7-4-3-5-8-15/h3-5,7-10,13-14H,6,11-12H2,1-2H3. The highest BCUT2D eigenvalue weighted by Crippen LogP contribution is 2.30. The van der Waals surface area contributed by atoms with Crippen LogP contribution in [-0.2, 0) is 6.54 Å². The van der Waals surface area contributed by atoms with Crippen LogP contribution in [0.3, 0.4) is 0 Å². The van der Waals surface area contributed by atoms with Gasteiger partial charge in [0.15, 0.2) is 0 Å². The van der Waals surface area contributed by atoms with Crippen molar-refractivity contribution in [3.8, 4) is 11.3 Å². The molecule has 2 nitrogen and oxygen atoms in total. The van der Waals surface area contributed by atoms with Crippen LogP contribution in [0.5, 0.6) is 0 Å². The van der Waals surface area contributed by atoms with Crippen LogP contribution in [-0.4, -0.2) is 30.1 Å². The first-order valence-electron chi connectivity index (χ1n) is 7.64. The molecule has 114 valence electrons. The molecule has 0 aliphatic rings. The SMILES string of the molecule is CN(C)CCCn1c(-c2ccccc2)cc2cc(Cl)ccc21. The predicted molar refractivity (Wildman–Crippen MR) is 95.6 cm³/mol. The summed E-state index contributed by atoms with van der Waals surface area (Å²) in [7, 11) is 4.23. The second-order valence-electron chi connectivity index (χ2n) is 5.91. The molecule has 0 amide bonds. The molecule has 0 radical (unpaired) electrons. The highest BCUT2D eigenvalue weighted by Gasteiger charge is 2.10. The molecule has 0 atom stereocenters. The van der Waals surface area contributed by atoms with Crippen LogP contribution >= 0.6 is 11.6 Å². The van der Waals surface area contributed by atoms with Gasteiger partial charge in [0.2, 0.25) is 0 Å². The minimum Gasteiger partial charge on any atom is -0.340 e. The lowest BCUT2D eigenvalue weighted by Crippen LogP contribution is -2.15. The lowest BCUT2D eigenvalue weighted by Gasteiger charge is -2.13. The van der Waals surface area contributed by atoms with Crippen LogP contribution in [0.1, 0.15) is 6.42 Å². The van der Waals surface area contributed by atoms with E-state index in [9.17, 15) is 0 Å². The molecular weight excluding hydrogens is 292 g/mol. The van der Waals surface area contributed by atoms with Gasteiger partial charge in [-0.3, -0.25) is 0 Å². The van der Waals surface area contributed by atoms with E-state index in [0.717, 1.165) is 24.5 Å². The summed E-state index contributed by atoms with van der Waals surface area (Å²) in [5.74, 6) is 0. The van der Waals surface area contributed by atoms with E-state index in [2.05, 4.69) is 66.0 Å². The Kier molecular flexibility index (Phi) is 4.51. The van der Waals surface area contributed by atoms with Gasteiger partial charge in [-0.15, -0.1) is 0 Å². The maximum Gasteiger partial charge on any atom is 0.0491 e.